The number of benzene rings is 2. The van der Waals surface area contributed by atoms with E-state index in [1.165, 1.54) is 27.1 Å². The van der Waals surface area contributed by atoms with E-state index in [0.29, 0.717) is 0 Å². The van der Waals surface area contributed by atoms with Crippen molar-refractivity contribution in [3.8, 4) is 0 Å². The second kappa shape index (κ2) is 5.28. The topological polar surface area (TPSA) is 3.24 Å². The van der Waals surface area contributed by atoms with Crippen molar-refractivity contribution in [1.82, 2.24) is 4.57 Å². The minimum absolute atomic E-state index is 1.09. The first-order valence-corrected chi connectivity index (χ1v) is 10.2. The Balaban J connectivity index is 2.35. The van der Waals surface area contributed by atoms with E-state index < -0.39 is 8.24 Å². The summed E-state index contributed by atoms with van der Waals surface area (Å²) in [5.74, 6) is 0. The quantitative estimate of drug-likeness (QED) is 0.786. The molecule has 0 aromatic heterocycles. The molecule has 0 amide bonds. The standard InChI is InChI=1S/C19H23NSi/c1-5-20(6-2)21(4)18-13-9-7-11-16(18)15(3)17-12-8-10-14-19(17)21/h7-14H,3,5-6H2,1-2,4H3. The Morgan fingerprint density at radius 3 is 1.71 bits per heavy atom. The van der Waals surface area contributed by atoms with Crippen LogP contribution in [0.3, 0.4) is 0 Å². The third-order valence-corrected chi connectivity index (χ3v) is 9.82. The minimum Gasteiger partial charge on any atom is -0.317 e. The van der Waals surface area contributed by atoms with Crippen LogP contribution in [0.2, 0.25) is 6.55 Å². The lowest BCUT2D eigenvalue weighted by molar-refractivity contribution is 0.478. The highest BCUT2D eigenvalue weighted by molar-refractivity contribution is 7.00. The summed E-state index contributed by atoms with van der Waals surface area (Å²) in [7, 11) is -1.88. The van der Waals surface area contributed by atoms with E-state index in [-0.39, 0.29) is 0 Å². The molecule has 1 aliphatic heterocycles. The molecule has 1 heterocycles. The van der Waals surface area contributed by atoms with Crippen molar-refractivity contribution in [1.29, 1.82) is 0 Å². The average Bonchev–Trinajstić information content (AvgIpc) is 2.54. The Kier molecular flexibility index (Phi) is 3.60. The molecule has 0 saturated heterocycles. The van der Waals surface area contributed by atoms with Gasteiger partial charge in [-0.05, 0) is 46.7 Å². The first-order chi connectivity index (χ1) is 10.1. The lowest BCUT2D eigenvalue weighted by atomic mass is 9.99. The van der Waals surface area contributed by atoms with Crippen molar-refractivity contribution in [3.63, 3.8) is 0 Å². The van der Waals surface area contributed by atoms with Gasteiger partial charge in [0.25, 0.3) is 0 Å². The molecule has 0 aliphatic carbocycles. The van der Waals surface area contributed by atoms with Crippen molar-refractivity contribution < 1.29 is 0 Å². The maximum Gasteiger partial charge on any atom is 0.190 e. The fourth-order valence-corrected chi connectivity index (χ4v) is 8.42. The van der Waals surface area contributed by atoms with Gasteiger partial charge in [-0.15, -0.1) is 0 Å². The second-order valence-corrected chi connectivity index (χ2v) is 9.67. The van der Waals surface area contributed by atoms with Gasteiger partial charge in [0.1, 0.15) is 0 Å². The van der Waals surface area contributed by atoms with Gasteiger partial charge in [-0.2, -0.15) is 0 Å². The van der Waals surface area contributed by atoms with E-state index in [2.05, 4.69) is 80.1 Å². The second-order valence-electron chi connectivity index (χ2n) is 5.81. The molecule has 0 radical (unpaired) electrons. The molecule has 1 aliphatic rings. The van der Waals surface area contributed by atoms with Crippen LogP contribution in [0.5, 0.6) is 0 Å². The van der Waals surface area contributed by atoms with E-state index in [0.717, 1.165) is 13.1 Å². The number of hydrogen-bond donors (Lipinski definition) is 0. The third kappa shape index (κ3) is 1.94. The zero-order valence-corrected chi connectivity index (χ0v) is 14.2. The molecular formula is C19H23NSi. The predicted molar refractivity (Wildman–Crippen MR) is 94.8 cm³/mol. The van der Waals surface area contributed by atoms with Crippen LogP contribution in [-0.2, 0) is 0 Å². The fraction of sp³-hybridized carbons (Fsp3) is 0.263. The lowest BCUT2D eigenvalue weighted by Crippen LogP contribution is -2.70. The maximum absolute atomic E-state index is 4.38. The molecule has 0 bridgehead atoms. The van der Waals surface area contributed by atoms with Gasteiger partial charge in [0.2, 0.25) is 0 Å². The van der Waals surface area contributed by atoms with Gasteiger partial charge >= 0.3 is 0 Å². The molecule has 3 rings (SSSR count). The summed E-state index contributed by atoms with van der Waals surface area (Å²) in [5.41, 5.74) is 3.87. The number of nitrogens with zero attached hydrogens (tertiary/aromatic N) is 1. The minimum atomic E-state index is -1.88. The monoisotopic (exact) mass is 293 g/mol. The summed E-state index contributed by atoms with van der Waals surface area (Å²) < 4.78 is 2.68. The summed E-state index contributed by atoms with van der Waals surface area (Å²) in [6, 6.07) is 17.7. The van der Waals surface area contributed by atoms with Crippen LogP contribution in [0.4, 0.5) is 0 Å². The van der Waals surface area contributed by atoms with Crippen molar-refractivity contribution in [2.24, 2.45) is 0 Å². The van der Waals surface area contributed by atoms with Gasteiger partial charge in [-0.25, -0.2) is 0 Å². The van der Waals surface area contributed by atoms with Crippen molar-refractivity contribution in [2.45, 2.75) is 20.4 Å². The highest BCUT2D eigenvalue weighted by Crippen LogP contribution is 2.29. The van der Waals surface area contributed by atoms with E-state index in [1.54, 1.807) is 0 Å². The van der Waals surface area contributed by atoms with Gasteiger partial charge in [0.05, 0.1) is 0 Å². The van der Waals surface area contributed by atoms with Crippen LogP contribution in [0.25, 0.3) is 5.57 Å². The molecule has 1 nitrogen and oxygen atoms in total. The van der Waals surface area contributed by atoms with Crippen LogP contribution in [0.15, 0.2) is 55.1 Å². The molecule has 0 spiro atoms. The Labute approximate surface area is 129 Å². The molecule has 0 saturated carbocycles. The van der Waals surface area contributed by atoms with Crippen LogP contribution in [-0.4, -0.2) is 25.9 Å². The molecule has 21 heavy (non-hydrogen) atoms. The van der Waals surface area contributed by atoms with Crippen molar-refractivity contribution in [2.75, 3.05) is 13.1 Å². The summed E-state index contributed by atoms with van der Waals surface area (Å²) in [4.78, 5) is 0. The zero-order chi connectivity index (χ0) is 15.0. The van der Waals surface area contributed by atoms with Gasteiger partial charge < -0.3 is 4.57 Å². The van der Waals surface area contributed by atoms with Gasteiger partial charge in [-0.3, -0.25) is 0 Å². The Morgan fingerprint density at radius 1 is 0.857 bits per heavy atom. The van der Waals surface area contributed by atoms with Crippen LogP contribution < -0.4 is 10.4 Å². The van der Waals surface area contributed by atoms with E-state index in [9.17, 15) is 0 Å². The first kappa shape index (κ1) is 14.3. The van der Waals surface area contributed by atoms with Crippen LogP contribution in [0, 0.1) is 0 Å². The summed E-state index contributed by atoms with van der Waals surface area (Å²) >= 11 is 0. The Hall–Kier alpha value is -1.64. The summed E-state index contributed by atoms with van der Waals surface area (Å²) in [6.45, 7) is 13.6. The first-order valence-electron chi connectivity index (χ1n) is 7.78. The summed E-state index contributed by atoms with van der Waals surface area (Å²) in [6.07, 6.45) is 0. The van der Waals surface area contributed by atoms with Gasteiger partial charge in [0, 0.05) is 0 Å². The molecule has 2 aromatic rings. The van der Waals surface area contributed by atoms with Crippen LogP contribution >= 0.6 is 0 Å². The molecule has 0 N–H and O–H groups in total. The predicted octanol–water partition coefficient (Wildman–Crippen LogP) is 3.09. The average molecular weight is 293 g/mol. The van der Waals surface area contributed by atoms with Gasteiger partial charge in [0.15, 0.2) is 8.24 Å². The molecule has 0 unspecified atom stereocenters. The van der Waals surface area contributed by atoms with E-state index in [4.69, 9.17) is 0 Å². The van der Waals surface area contributed by atoms with Crippen LogP contribution in [0.1, 0.15) is 25.0 Å². The number of fused-ring (bicyclic) bond motifs is 2. The molecule has 2 aromatic carbocycles. The summed E-state index contributed by atoms with van der Waals surface area (Å²) in [5, 5.41) is 3.02. The smallest absolute Gasteiger partial charge is 0.190 e. The molecule has 0 atom stereocenters. The van der Waals surface area contributed by atoms with Crippen molar-refractivity contribution >= 4 is 24.2 Å². The van der Waals surface area contributed by atoms with Gasteiger partial charge in [-0.1, -0.05) is 69.0 Å². The third-order valence-electron chi connectivity index (χ3n) is 4.95. The highest BCUT2D eigenvalue weighted by Gasteiger charge is 2.43. The molecule has 108 valence electrons. The Morgan fingerprint density at radius 2 is 1.29 bits per heavy atom. The SMILES string of the molecule is C=C1c2ccccc2[Si](C)(N(CC)CC)c2ccccc21. The number of rotatable bonds is 3. The molecule has 0 fully saturated rings. The molecular weight excluding hydrogens is 270 g/mol. The van der Waals surface area contributed by atoms with E-state index in [1.807, 2.05) is 0 Å². The highest BCUT2D eigenvalue weighted by atomic mass is 28.3. The van der Waals surface area contributed by atoms with E-state index >= 15 is 0 Å². The Bertz CT molecular complexity index is 636. The maximum atomic E-state index is 4.38. The fourth-order valence-electron chi connectivity index (χ4n) is 3.83. The number of hydrogen-bond acceptors (Lipinski definition) is 1. The normalized spacial score (nSPS) is 15.7. The molecule has 2 heteroatoms. The largest absolute Gasteiger partial charge is 0.317 e. The zero-order valence-electron chi connectivity index (χ0n) is 13.2. The lowest BCUT2D eigenvalue weighted by Gasteiger charge is -2.44. The van der Waals surface area contributed by atoms with Crippen molar-refractivity contribution in [3.05, 3.63) is 66.2 Å².